The van der Waals surface area contributed by atoms with Gasteiger partial charge < -0.3 is 15.2 Å². The van der Waals surface area contributed by atoms with Crippen LogP contribution in [0.25, 0.3) is 0 Å². The molecule has 0 atom stereocenters. The molecule has 8 heteroatoms. The number of aliphatic hydroxyl groups excluding tert-OH is 1. The number of amides is 1. The first-order valence-electron chi connectivity index (χ1n) is 8.96. The van der Waals surface area contributed by atoms with Crippen molar-refractivity contribution in [1.29, 1.82) is 0 Å². The smallest absolute Gasteiger partial charge is 0.270 e. The van der Waals surface area contributed by atoms with Crippen molar-refractivity contribution in [2.75, 3.05) is 19.8 Å². The highest BCUT2D eigenvalue weighted by Crippen LogP contribution is 2.50. The summed E-state index contributed by atoms with van der Waals surface area (Å²) in [6.07, 6.45) is 1.72. The molecule has 1 aromatic carbocycles. The van der Waals surface area contributed by atoms with Gasteiger partial charge in [0.15, 0.2) is 5.78 Å². The van der Waals surface area contributed by atoms with Gasteiger partial charge in [-0.1, -0.05) is 6.07 Å². The van der Waals surface area contributed by atoms with Crippen molar-refractivity contribution < 1.29 is 23.8 Å². The molecule has 28 heavy (non-hydrogen) atoms. The fourth-order valence-electron chi connectivity index (χ4n) is 3.48. The van der Waals surface area contributed by atoms with Gasteiger partial charge in [0, 0.05) is 21.1 Å². The van der Waals surface area contributed by atoms with Gasteiger partial charge in [0.25, 0.3) is 5.91 Å². The van der Waals surface area contributed by atoms with Crippen molar-refractivity contribution in [1.82, 2.24) is 10.3 Å². The second-order valence-electron chi connectivity index (χ2n) is 7.03. The molecule has 1 fully saturated rings. The van der Waals surface area contributed by atoms with Crippen LogP contribution in [0.5, 0.6) is 0 Å². The van der Waals surface area contributed by atoms with Crippen LogP contribution in [0.2, 0.25) is 0 Å². The topological polar surface area (TPSA) is 88.5 Å². The molecule has 4 rings (SSSR count). The number of carbonyl (C=O) groups excluding carboxylic acids is 2. The second kappa shape index (κ2) is 7.49. The summed E-state index contributed by atoms with van der Waals surface area (Å²) in [5, 5.41) is 11.8. The Hall–Kier alpha value is -1.91. The molecule has 2 heterocycles. The molecular weight excluding hydrogens is 478 g/mol. The van der Waals surface area contributed by atoms with E-state index in [0.29, 0.717) is 22.5 Å². The van der Waals surface area contributed by atoms with Gasteiger partial charge in [0.05, 0.1) is 24.4 Å². The van der Waals surface area contributed by atoms with Crippen molar-refractivity contribution in [2.45, 2.75) is 24.8 Å². The van der Waals surface area contributed by atoms with E-state index in [1.54, 1.807) is 18.2 Å². The third kappa shape index (κ3) is 3.56. The number of ketones is 1. The van der Waals surface area contributed by atoms with Gasteiger partial charge in [-0.2, -0.15) is 0 Å². The number of hydrogen-bond acceptors (Lipinski definition) is 5. The number of aliphatic hydroxyl groups is 1. The van der Waals surface area contributed by atoms with Crippen LogP contribution in [0.3, 0.4) is 0 Å². The highest BCUT2D eigenvalue weighted by molar-refractivity contribution is 14.1. The summed E-state index contributed by atoms with van der Waals surface area (Å²) in [4.78, 5) is 29.6. The lowest BCUT2D eigenvalue weighted by Gasteiger charge is -2.13. The number of pyridine rings is 1. The minimum atomic E-state index is -0.410. The Balaban J connectivity index is 1.74. The zero-order valence-electron chi connectivity index (χ0n) is 14.9. The molecule has 0 radical (unpaired) electrons. The Morgan fingerprint density at radius 3 is 2.82 bits per heavy atom. The number of Topliss-reactive ketones (excluding diaryl/α,β-unsaturated/α-hetero) is 1. The maximum Gasteiger partial charge on any atom is 0.270 e. The van der Waals surface area contributed by atoms with Crippen LogP contribution >= 0.6 is 22.6 Å². The van der Waals surface area contributed by atoms with E-state index in [2.05, 4.69) is 10.3 Å². The average Bonchev–Trinajstić information content (AvgIpc) is 3.38. The number of fused-ring (bicyclic) bond motifs is 2. The van der Waals surface area contributed by atoms with E-state index in [1.807, 2.05) is 22.6 Å². The summed E-state index contributed by atoms with van der Waals surface area (Å²) in [5.41, 5.74) is 1.72. The number of benzene rings is 1. The van der Waals surface area contributed by atoms with Crippen molar-refractivity contribution in [3.63, 3.8) is 0 Å². The molecule has 1 spiro atoms. The van der Waals surface area contributed by atoms with Crippen molar-refractivity contribution in [3.8, 4) is 0 Å². The first-order valence-corrected chi connectivity index (χ1v) is 10.0. The van der Waals surface area contributed by atoms with E-state index in [0.717, 1.165) is 22.0 Å². The second-order valence-corrected chi connectivity index (χ2v) is 8.27. The fraction of sp³-hybridized carbons (Fsp3) is 0.350. The normalized spacial score (nSPS) is 16.2. The summed E-state index contributed by atoms with van der Waals surface area (Å²) in [6, 6.07) is 6.56. The molecule has 1 amide bonds. The molecule has 0 saturated heterocycles. The van der Waals surface area contributed by atoms with Crippen LogP contribution < -0.4 is 5.32 Å². The number of ether oxygens (including phenoxy) is 1. The van der Waals surface area contributed by atoms with Crippen molar-refractivity contribution in [2.24, 2.45) is 0 Å². The Labute approximate surface area is 174 Å². The molecule has 2 N–H and O–H groups in total. The van der Waals surface area contributed by atoms with Gasteiger partial charge in [-0.05, 0) is 59.2 Å². The highest BCUT2D eigenvalue weighted by atomic mass is 127. The van der Waals surface area contributed by atoms with E-state index in [1.165, 1.54) is 6.07 Å². The van der Waals surface area contributed by atoms with Crippen LogP contribution in [0.1, 0.15) is 50.5 Å². The van der Waals surface area contributed by atoms with Gasteiger partial charge in [-0.3, -0.25) is 9.59 Å². The van der Waals surface area contributed by atoms with Crippen molar-refractivity contribution >= 4 is 34.3 Å². The van der Waals surface area contributed by atoms with Gasteiger partial charge in [-0.15, -0.1) is 0 Å². The van der Waals surface area contributed by atoms with E-state index >= 15 is 0 Å². The van der Waals surface area contributed by atoms with Gasteiger partial charge >= 0.3 is 0 Å². The summed E-state index contributed by atoms with van der Waals surface area (Å²) in [5.74, 6) is -0.945. The lowest BCUT2D eigenvalue weighted by Crippen LogP contribution is -2.25. The third-order valence-corrected chi connectivity index (χ3v) is 5.75. The van der Waals surface area contributed by atoms with Gasteiger partial charge in [0.2, 0.25) is 0 Å². The zero-order chi connectivity index (χ0) is 19.9. The molecule has 1 aromatic heterocycles. The monoisotopic (exact) mass is 496 g/mol. The average molecular weight is 496 g/mol. The van der Waals surface area contributed by atoms with Crippen LogP contribution in [0.15, 0.2) is 24.3 Å². The lowest BCUT2D eigenvalue weighted by atomic mass is 9.97. The minimum absolute atomic E-state index is 0.0508. The molecule has 1 aliphatic heterocycles. The Kier molecular flexibility index (Phi) is 5.19. The molecule has 0 unspecified atom stereocenters. The van der Waals surface area contributed by atoms with Crippen LogP contribution in [0.4, 0.5) is 4.39 Å². The molecule has 2 aromatic rings. The third-order valence-electron chi connectivity index (χ3n) is 5.08. The van der Waals surface area contributed by atoms with Gasteiger partial charge in [0.1, 0.15) is 18.1 Å². The number of hydrogen-bond donors (Lipinski definition) is 2. The Morgan fingerprint density at radius 2 is 2.14 bits per heavy atom. The number of aromatic nitrogens is 1. The van der Waals surface area contributed by atoms with Crippen LogP contribution in [-0.2, 0) is 16.7 Å². The predicted molar refractivity (Wildman–Crippen MR) is 107 cm³/mol. The quantitative estimate of drug-likeness (QED) is 0.349. The first kappa shape index (κ1) is 19.4. The first-order chi connectivity index (χ1) is 13.4. The van der Waals surface area contributed by atoms with Crippen molar-refractivity contribution in [3.05, 3.63) is 61.7 Å². The van der Waals surface area contributed by atoms with E-state index in [9.17, 15) is 14.0 Å². The molecule has 1 aliphatic carbocycles. The maximum absolute atomic E-state index is 14.4. The highest BCUT2D eigenvalue weighted by Gasteiger charge is 2.53. The minimum Gasteiger partial charge on any atom is -0.394 e. The van der Waals surface area contributed by atoms with Gasteiger partial charge in [-0.25, -0.2) is 9.37 Å². The standard InChI is InChI=1S/C20H18FIN2O4/c21-15-8-12(22)2-1-11(15)7-16-13(17(26)10-28-6-5-25)9-14-18(23-16)19(27)24-20(14)3-4-20/h1-2,8-9,25H,3-7,10H2,(H,24,27). The van der Waals surface area contributed by atoms with E-state index in [-0.39, 0.29) is 43.7 Å². The zero-order valence-corrected chi connectivity index (χ0v) is 17.1. The number of halogens is 2. The fourth-order valence-corrected chi connectivity index (χ4v) is 3.93. The van der Waals surface area contributed by atoms with E-state index < -0.39 is 5.54 Å². The molecule has 2 aliphatic rings. The Bertz CT molecular complexity index is 975. The summed E-state index contributed by atoms with van der Waals surface area (Å²) in [6.45, 7) is -0.343. The molecule has 1 saturated carbocycles. The largest absolute Gasteiger partial charge is 0.394 e. The molecular formula is C20H18FIN2O4. The molecule has 6 nitrogen and oxygen atoms in total. The number of nitrogens with zero attached hydrogens (tertiary/aromatic N) is 1. The molecule has 0 bridgehead atoms. The van der Waals surface area contributed by atoms with Crippen LogP contribution in [-0.4, -0.2) is 41.6 Å². The molecule has 146 valence electrons. The lowest BCUT2D eigenvalue weighted by molar-refractivity contribution is 0.0662. The maximum atomic E-state index is 14.4. The summed E-state index contributed by atoms with van der Waals surface area (Å²) < 4.78 is 20.3. The number of nitrogens with one attached hydrogen (secondary N) is 1. The number of rotatable bonds is 7. The Morgan fingerprint density at radius 1 is 1.36 bits per heavy atom. The SMILES string of the molecule is O=C(COCCO)c1cc2c(nc1Cc1ccc(I)cc1F)C(=O)NC21CC1. The summed E-state index contributed by atoms with van der Waals surface area (Å²) >= 11 is 2.03. The summed E-state index contributed by atoms with van der Waals surface area (Å²) in [7, 11) is 0. The predicted octanol–water partition coefficient (Wildman–Crippen LogP) is 2.34. The van der Waals surface area contributed by atoms with Crippen LogP contribution in [0, 0.1) is 9.39 Å². The van der Waals surface area contributed by atoms with E-state index in [4.69, 9.17) is 9.84 Å². The number of carbonyl (C=O) groups is 2.